The third-order valence-electron chi connectivity index (χ3n) is 4.02. The molecule has 0 aromatic rings. The Morgan fingerprint density at radius 3 is 2.17 bits per heavy atom. The van der Waals surface area contributed by atoms with Gasteiger partial charge in [0.2, 0.25) is 0 Å². The summed E-state index contributed by atoms with van der Waals surface area (Å²) in [6.07, 6.45) is 5.65. The summed E-state index contributed by atoms with van der Waals surface area (Å²) in [4.78, 5) is 35.8. The van der Waals surface area contributed by atoms with Crippen molar-refractivity contribution in [3.8, 4) is 0 Å². The van der Waals surface area contributed by atoms with Crippen LogP contribution in [-0.4, -0.2) is 24.6 Å². The molecule has 0 spiro atoms. The fourth-order valence-corrected chi connectivity index (χ4v) is 2.71. The van der Waals surface area contributed by atoms with Gasteiger partial charge in [-0.2, -0.15) is 0 Å². The van der Waals surface area contributed by atoms with Crippen LogP contribution in [0, 0.1) is 17.8 Å². The smallest absolute Gasteiger partial charge is 0.316 e. The first-order valence-electron chi connectivity index (χ1n) is 6.77. The van der Waals surface area contributed by atoms with Crippen LogP contribution in [0.2, 0.25) is 0 Å². The maximum absolute atomic E-state index is 12.3. The summed E-state index contributed by atoms with van der Waals surface area (Å²) in [5.74, 6) is -1.37. The Morgan fingerprint density at radius 2 is 1.67 bits per heavy atom. The fraction of sp³-hybridized carbons (Fsp3) is 0.786. The molecule has 2 rings (SSSR count). The van der Waals surface area contributed by atoms with Crippen LogP contribution < -0.4 is 0 Å². The zero-order valence-electron chi connectivity index (χ0n) is 10.8. The van der Waals surface area contributed by atoms with Crippen molar-refractivity contribution in [2.24, 2.45) is 17.8 Å². The SMILES string of the molecule is COC(=O)C(CC(=O)C1CC1)C(=O)C1CCCC1. The predicted molar refractivity (Wildman–Crippen MR) is 64.8 cm³/mol. The first kappa shape index (κ1) is 13.2. The molecule has 0 amide bonds. The number of ether oxygens (including phenoxy) is 1. The number of esters is 1. The molecule has 1 unspecified atom stereocenters. The average Bonchev–Trinajstić information content (AvgIpc) is 3.09. The van der Waals surface area contributed by atoms with Gasteiger partial charge < -0.3 is 4.74 Å². The molecule has 100 valence electrons. The highest BCUT2D eigenvalue weighted by atomic mass is 16.5. The van der Waals surface area contributed by atoms with Gasteiger partial charge in [-0.05, 0) is 25.7 Å². The minimum atomic E-state index is -0.855. The fourth-order valence-electron chi connectivity index (χ4n) is 2.71. The highest BCUT2D eigenvalue weighted by Crippen LogP contribution is 2.34. The number of Topliss-reactive ketones (excluding diaryl/α,β-unsaturated/α-hetero) is 2. The van der Waals surface area contributed by atoms with Crippen LogP contribution in [0.5, 0.6) is 0 Å². The van der Waals surface area contributed by atoms with Crippen molar-refractivity contribution < 1.29 is 19.1 Å². The van der Waals surface area contributed by atoms with E-state index in [0.717, 1.165) is 38.5 Å². The van der Waals surface area contributed by atoms with E-state index in [-0.39, 0.29) is 29.8 Å². The van der Waals surface area contributed by atoms with E-state index in [2.05, 4.69) is 4.74 Å². The van der Waals surface area contributed by atoms with Gasteiger partial charge in [0.15, 0.2) is 5.78 Å². The van der Waals surface area contributed by atoms with Crippen molar-refractivity contribution in [3.63, 3.8) is 0 Å². The molecule has 2 saturated carbocycles. The second kappa shape index (κ2) is 5.63. The standard InChI is InChI=1S/C14H20O4/c1-18-14(17)11(8-12(15)9-6-7-9)13(16)10-4-2-3-5-10/h9-11H,2-8H2,1H3. The van der Waals surface area contributed by atoms with E-state index in [1.165, 1.54) is 7.11 Å². The molecule has 0 bridgehead atoms. The normalized spacial score (nSPS) is 21.6. The molecular weight excluding hydrogens is 232 g/mol. The molecule has 0 N–H and O–H groups in total. The maximum atomic E-state index is 12.3. The highest BCUT2D eigenvalue weighted by Gasteiger charge is 2.39. The number of carbonyl (C=O) groups is 3. The van der Waals surface area contributed by atoms with E-state index in [1.54, 1.807) is 0 Å². The summed E-state index contributed by atoms with van der Waals surface area (Å²) >= 11 is 0. The van der Waals surface area contributed by atoms with Gasteiger partial charge >= 0.3 is 5.97 Å². The van der Waals surface area contributed by atoms with Crippen molar-refractivity contribution in [1.82, 2.24) is 0 Å². The monoisotopic (exact) mass is 252 g/mol. The quantitative estimate of drug-likeness (QED) is 0.535. The van der Waals surface area contributed by atoms with Crippen molar-refractivity contribution in [2.45, 2.75) is 44.9 Å². The Labute approximate surface area is 107 Å². The van der Waals surface area contributed by atoms with Crippen molar-refractivity contribution >= 4 is 17.5 Å². The van der Waals surface area contributed by atoms with E-state index in [0.29, 0.717) is 0 Å². The Bertz CT molecular complexity index is 351. The molecule has 2 fully saturated rings. The van der Waals surface area contributed by atoms with Gasteiger partial charge in [0.1, 0.15) is 11.7 Å². The first-order chi connectivity index (χ1) is 8.63. The number of methoxy groups -OCH3 is 1. The topological polar surface area (TPSA) is 60.4 Å². The van der Waals surface area contributed by atoms with Crippen LogP contribution in [0.3, 0.4) is 0 Å². The molecule has 0 aliphatic heterocycles. The van der Waals surface area contributed by atoms with Crippen LogP contribution in [0.1, 0.15) is 44.9 Å². The number of carbonyl (C=O) groups excluding carboxylic acids is 3. The van der Waals surface area contributed by atoms with Gasteiger partial charge in [-0.3, -0.25) is 14.4 Å². The van der Waals surface area contributed by atoms with Crippen LogP contribution >= 0.6 is 0 Å². The molecule has 0 radical (unpaired) electrons. The van der Waals surface area contributed by atoms with Crippen molar-refractivity contribution in [3.05, 3.63) is 0 Å². The van der Waals surface area contributed by atoms with Crippen LogP contribution in [0.4, 0.5) is 0 Å². The Morgan fingerprint density at radius 1 is 1.06 bits per heavy atom. The van der Waals surface area contributed by atoms with Gasteiger partial charge in [-0.1, -0.05) is 12.8 Å². The summed E-state index contributed by atoms with van der Waals surface area (Å²) in [6, 6.07) is 0. The average molecular weight is 252 g/mol. The van der Waals surface area contributed by atoms with E-state index in [1.807, 2.05) is 0 Å². The minimum Gasteiger partial charge on any atom is -0.468 e. The summed E-state index contributed by atoms with van der Waals surface area (Å²) in [6.45, 7) is 0. The Kier molecular flexibility index (Phi) is 4.15. The number of hydrogen-bond acceptors (Lipinski definition) is 4. The van der Waals surface area contributed by atoms with E-state index >= 15 is 0 Å². The lowest BCUT2D eigenvalue weighted by molar-refractivity contribution is -0.152. The molecule has 18 heavy (non-hydrogen) atoms. The zero-order valence-corrected chi connectivity index (χ0v) is 10.8. The molecule has 4 nitrogen and oxygen atoms in total. The molecule has 0 saturated heterocycles. The summed E-state index contributed by atoms with van der Waals surface area (Å²) in [7, 11) is 1.28. The third kappa shape index (κ3) is 2.98. The molecule has 4 heteroatoms. The van der Waals surface area contributed by atoms with Crippen LogP contribution in [-0.2, 0) is 19.1 Å². The van der Waals surface area contributed by atoms with E-state index in [4.69, 9.17) is 0 Å². The first-order valence-corrected chi connectivity index (χ1v) is 6.77. The minimum absolute atomic E-state index is 0.0406. The number of hydrogen-bond donors (Lipinski definition) is 0. The van der Waals surface area contributed by atoms with Crippen LogP contribution in [0.25, 0.3) is 0 Å². The molecular formula is C14H20O4. The van der Waals surface area contributed by atoms with Crippen molar-refractivity contribution in [2.75, 3.05) is 7.11 Å². The van der Waals surface area contributed by atoms with Gasteiger partial charge in [0.25, 0.3) is 0 Å². The lowest BCUT2D eigenvalue weighted by atomic mass is 9.87. The van der Waals surface area contributed by atoms with E-state index < -0.39 is 11.9 Å². The largest absolute Gasteiger partial charge is 0.468 e. The molecule has 0 heterocycles. The summed E-state index contributed by atoms with van der Waals surface area (Å²) in [5.41, 5.74) is 0. The van der Waals surface area contributed by atoms with Gasteiger partial charge in [-0.15, -0.1) is 0 Å². The van der Waals surface area contributed by atoms with E-state index in [9.17, 15) is 14.4 Å². The molecule has 1 atom stereocenters. The van der Waals surface area contributed by atoms with Gasteiger partial charge in [-0.25, -0.2) is 0 Å². The predicted octanol–water partition coefficient (Wildman–Crippen LogP) is 1.90. The lowest BCUT2D eigenvalue weighted by Crippen LogP contribution is -2.32. The number of rotatable bonds is 6. The second-order valence-corrected chi connectivity index (χ2v) is 5.40. The molecule has 0 aromatic carbocycles. The molecule has 2 aliphatic rings. The molecule has 2 aliphatic carbocycles. The lowest BCUT2D eigenvalue weighted by Gasteiger charge is -2.16. The van der Waals surface area contributed by atoms with Gasteiger partial charge in [0.05, 0.1) is 7.11 Å². The third-order valence-corrected chi connectivity index (χ3v) is 4.02. The van der Waals surface area contributed by atoms with Gasteiger partial charge in [0, 0.05) is 18.3 Å². The highest BCUT2D eigenvalue weighted by molar-refractivity contribution is 6.04. The van der Waals surface area contributed by atoms with Crippen molar-refractivity contribution in [1.29, 1.82) is 0 Å². The summed E-state index contributed by atoms with van der Waals surface area (Å²) in [5, 5.41) is 0. The second-order valence-electron chi connectivity index (χ2n) is 5.40. The Hall–Kier alpha value is -1.19. The molecule has 0 aromatic heterocycles. The Balaban J connectivity index is 2.00. The number of ketones is 2. The zero-order chi connectivity index (χ0) is 13.1. The maximum Gasteiger partial charge on any atom is 0.316 e. The summed E-state index contributed by atoms with van der Waals surface area (Å²) < 4.78 is 4.68. The van der Waals surface area contributed by atoms with Crippen LogP contribution in [0.15, 0.2) is 0 Å².